The zero-order chi connectivity index (χ0) is 14.7. The van der Waals surface area contributed by atoms with Crippen molar-refractivity contribution in [2.45, 2.75) is 95.9 Å². The number of rotatable bonds is 3. The van der Waals surface area contributed by atoms with E-state index < -0.39 is 0 Å². The largest absolute Gasteiger partial charge is 0.384 e. The molecule has 2 fully saturated rings. The molecule has 1 heterocycles. The van der Waals surface area contributed by atoms with E-state index in [1.54, 1.807) is 0 Å². The number of nitrogen functional groups attached to an aromatic ring is 1. The van der Waals surface area contributed by atoms with E-state index in [1.807, 2.05) is 0 Å². The predicted octanol–water partition coefficient (Wildman–Crippen LogP) is 4.97. The molecule has 21 heavy (non-hydrogen) atoms. The molecule has 3 nitrogen and oxygen atoms in total. The van der Waals surface area contributed by atoms with Gasteiger partial charge in [0.15, 0.2) is 0 Å². The molecule has 0 unspecified atom stereocenters. The lowest BCUT2D eigenvalue weighted by Crippen LogP contribution is -2.12. The van der Waals surface area contributed by atoms with E-state index in [0.717, 1.165) is 12.4 Å². The van der Waals surface area contributed by atoms with Crippen LogP contribution < -0.4 is 5.73 Å². The summed E-state index contributed by atoms with van der Waals surface area (Å²) < 4.78 is 2.32. The highest BCUT2D eigenvalue weighted by molar-refractivity contribution is 5.41. The van der Waals surface area contributed by atoms with Crippen LogP contribution in [0.25, 0.3) is 0 Å². The van der Waals surface area contributed by atoms with Gasteiger partial charge in [-0.25, -0.2) is 4.98 Å². The zero-order valence-corrected chi connectivity index (χ0v) is 13.6. The summed E-state index contributed by atoms with van der Waals surface area (Å²) in [7, 11) is 0. The zero-order valence-electron chi connectivity index (χ0n) is 13.6. The van der Waals surface area contributed by atoms with E-state index in [2.05, 4.69) is 11.5 Å². The Hall–Kier alpha value is -0.990. The van der Waals surface area contributed by atoms with Crippen LogP contribution in [0.2, 0.25) is 0 Å². The lowest BCUT2D eigenvalue weighted by Gasteiger charge is -2.21. The molecule has 0 atom stereocenters. The highest BCUT2D eigenvalue weighted by atomic mass is 15.1. The molecule has 0 spiro atoms. The first-order valence-electron chi connectivity index (χ1n) is 9.17. The fraction of sp³-hybridized carbons (Fsp3) is 0.833. The van der Waals surface area contributed by atoms with Gasteiger partial charge in [-0.2, -0.15) is 0 Å². The van der Waals surface area contributed by atoms with Crippen LogP contribution in [0.5, 0.6) is 0 Å². The van der Waals surface area contributed by atoms with Gasteiger partial charge in [-0.1, -0.05) is 44.9 Å². The Kier molecular flexibility index (Phi) is 4.87. The highest BCUT2D eigenvalue weighted by Crippen LogP contribution is 2.38. The Morgan fingerprint density at radius 3 is 2.00 bits per heavy atom. The first-order chi connectivity index (χ1) is 10.3. The molecule has 2 N–H and O–H groups in total. The predicted molar refractivity (Wildman–Crippen MR) is 88.6 cm³/mol. The molecule has 3 rings (SSSR count). The molecule has 0 radical (unpaired) electrons. The third-order valence-corrected chi connectivity index (χ3v) is 5.59. The van der Waals surface area contributed by atoms with Crippen molar-refractivity contribution in [1.29, 1.82) is 0 Å². The van der Waals surface area contributed by atoms with E-state index in [-0.39, 0.29) is 0 Å². The van der Waals surface area contributed by atoms with Crippen LogP contribution in [-0.4, -0.2) is 9.55 Å². The smallest absolute Gasteiger partial charge is 0.127 e. The molecule has 0 aliphatic heterocycles. The van der Waals surface area contributed by atoms with Crippen LogP contribution in [0.15, 0.2) is 0 Å². The first-order valence-corrected chi connectivity index (χ1v) is 9.17. The van der Waals surface area contributed by atoms with Gasteiger partial charge in [-0.3, -0.25) is 0 Å². The molecule has 3 heteroatoms. The molecule has 1 aromatic rings. The minimum atomic E-state index is 0.614. The van der Waals surface area contributed by atoms with Crippen molar-refractivity contribution in [3.63, 3.8) is 0 Å². The monoisotopic (exact) mass is 289 g/mol. The number of imidazole rings is 1. The van der Waals surface area contributed by atoms with Gasteiger partial charge in [-0.05, 0) is 32.6 Å². The van der Waals surface area contributed by atoms with Crippen molar-refractivity contribution in [2.24, 2.45) is 0 Å². The molecule has 118 valence electrons. The number of anilines is 1. The number of hydrogen-bond acceptors (Lipinski definition) is 2. The van der Waals surface area contributed by atoms with Gasteiger partial charge in [0.1, 0.15) is 11.6 Å². The van der Waals surface area contributed by atoms with Gasteiger partial charge >= 0.3 is 0 Å². The van der Waals surface area contributed by atoms with Crippen molar-refractivity contribution < 1.29 is 0 Å². The maximum absolute atomic E-state index is 6.50. The molecule has 2 aliphatic rings. The molecule has 0 saturated heterocycles. The van der Waals surface area contributed by atoms with Crippen molar-refractivity contribution in [2.75, 3.05) is 5.73 Å². The Labute approximate surface area is 129 Å². The lowest BCUT2D eigenvalue weighted by molar-refractivity contribution is 0.417. The molecule has 2 aliphatic carbocycles. The molecule has 2 saturated carbocycles. The maximum Gasteiger partial charge on any atom is 0.127 e. The maximum atomic E-state index is 6.50. The standard InChI is InChI=1S/C18H31N3/c1-2-21-17(19)16(14-10-6-3-4-7-11-14)20-18(21)15-12-8-5-9-13-15/h14-15H,2-13,19H2,1H3. The number of nitrogens with two attached hydrogens (primary N) is 1. The van der Waals surface area contributed by atoms with Crippen LogP contribution in [0.1, 0.15) is 101 Å². The van der Waals surface area contributed by atoms with Crippen molar-refractivity contribution >= 4 is 5.82 Å². The Bertz CT molecular complexity index is 449. The second kappa shape index (κ2) is 6.85. The average molecular weight is 289 g/mol. The van der Waals surface area contributed by atoms with Gasteiger partial charge in [0.25, 0.3) is 0 Å². The third-order valence-electron chi connectivity index (χ3n) is 5.59. The summed E-state index contributed by atoms with van der Waals surface area (Å²) >= 11 is 0. The van der Waals surface area contributed by atoms with Crippen LogP contribution in [-0.2, 0) is 6.54 Å². The van der Waals surface area contributed by atoms with E-state index in [9.17, 15) is 0 Å². The van der Waals surface area contributed by atoms with Gasteiger partial charge in [0.05, 0.1) is 5.69 Å². The first kappa shape index (κ1) is 14.9. The molecule has 1 aromatic heterocycles. The fourth-order valence-corrected chi connectivity index (χ4v) is 4.36. The quantitative estimate of drug-likeness (QED) is 0.798. The van der Waals surface area contributed by atoms with E-state index in [0.29, 0.717) is 11.8 Å². The summed E-state index contributed by atoms with van der Waals surface area (Å²) in [5.41, 5.74) is 7.74. The molecule has 0 amide bonds. The molecular weight excluding hydrogens is 258 g/mol. The second-order valence-corrected chi connectivity index (χ2v) is 7.01. The van der Waals surface area contributed by atoms with E-state index >= 15 is 0 Å². The molecule has 0 bridgehead atoms. The fourth-order valence-electron chi connectivity index (χ4n) is 4.36. The average Bonchev–Trinajstić information content (AvgIpc) is 2.70. The molecule has 0 aromatic carbocycles. The topological polar surface area (TPSA) is 43.8 Å². The Morgan fingerprint density at radius 2 is 1.43 bits per heavy atom. The van der Waals surface area contributed by atoms with E-state index in [4.69, 9.17) is 10.7 Å². The number of nitrogens with zero attached hydrogens (tertiary/aromatic N) is 2. The van der Waals surface area contributed by atoms with Gasteiger partial charge < -0.3 is 10.3 Å². The van der Waals surface area contributed by atoms with Gasteiger partial charge in [0.2, 0.25) is 0 Å². The molecular formula is C18H31N3. The highest BCUT2D eigenvalue weighted by Gasteiger charge is 2.27. The van der Waals surface area contributed by atoms with Crippen molar-refractivity contribution in [1.82, 2.24) is 9.55 Å². The minimum Gasteiger partial charge on any atom is -0.384 e. The van der Waals surface area contributed by atoms with Gasteiger partial charge in [0, 0.05) is 18.4 Å². The summed E-state index contributed by atoms with van der Waals surface area (Å²) in [4.78, 5) is 5.11. The summed E-state index contributed by atoms with van der Waals surface area (Å²) in [6.07, 6.45) is 14.8. The summed E-state index contributed by atoms with van der Waals surface area (Å²) in [6.45, 7) is 3.18. The number of aromatic nitrogens is 2. The minimum absolute atomic E-state index is 0.614. The lowest BCUT2D eigenvalue weighted by atomic mass is 9.88. The SMILES string of the molecule is CCn1c(C2CCCCC2)nc(C2CCCCCC2)c1N. The summed E-state index contributed by atoms with van der Waals surface area (Å²) in [5.74, 6) is 3.54. The van der Waals surface area contributed by atoms with Gasteiger partial charge in [-0.15, -0.1) is 0 Å². The second-order valence-electron chi connectivity index (χ2n) is 7.01. The van der Waals surface area contributed by atoms with E-state index in [1.165, 1.54) is 82.1 Å². The third kappa shape index (κ3) is 3.12. The Morgan fingerprint density at radius 1 is 0.905 bits per heavy atom. The number of hydrogen-bond donors (Lipinski definition) is 1. The summed E-state index contributed by atoms with van der Waals surface area (Å²) in [5, 5.41) is 0. The van der Waals surface area contributed by atoms with Crippen LogP contribution >= 0.6 is 0 Å². The normalized spacial score (nSPS) is 22.3. The van der Waals surface area contributed by atoms with Crippen molar-refractivity contribution in [3.05, 3.63) is 11.5 Å². The van der Waals surface area contributed by atoms with Crippen LogP contribution in [0, 0.1) is 0 Å². The summed E-state index contributed by atoms with van der Waals surface area (Å²) in [6, 6.07) is 0. The Balaban J connectivity index is 1.88. The van der Waals surface area contributed by atoms with Crippen LogP contribution in [0.3, 0.4) is 0 Å². The van der Waals surface area contributed by atoms with Crippen molar-refractivity contribution in [3.8, 4) is 0 Å². The van der Waals surface area contributed by atoms with Crippen LogP contribution in [0.4, 0.5) is 5.82 Å².